The second-order valence-electron chi connectivity index (χ2n) is 4.97. The molecule has 0 aliphatic carbocycles. The van der Waals surface area contributed by atoms with Gasteiger partial charge in [0.25, 0.3) is 0 Å². The van der Waals surface area contributed by atoms with Crippen LogP contribution in [0.1, 0.15) is 29.8 Å². The summed E-state index contributed by atoms with van der Waals surface area (Å²) in [6.45, 7) is 2.81. The lowest BCUT2D eigenvalue weighted by atomic mass is 10.1. The summed E-state index contributed by atoms with van der Waals surface area (Å²) in [5, 5.41) is 11.3. The third kappa shape index (κ3) is 3.57. The van der Waals surface area contributed by atoms with E-state index in [4.69, 9.17) is 5.11 Å². The van der Waals surface area contributed by atoms with Gasteiger partial charge in [0.05, 0.1) is 5.56 Å². The summed E-state index contributed by atoms with van der Waals surface area (Å²) in [5.41, 5.74) is 0.837. The first-order valence-electron chi connectivity index (χ1n) is 5.86. The Kier molecular flexibility index (Phi) is 4.54. The zero-order valence-corrected chi connectivity index (χ0v) is 12.3. The molecule has 20 heavy (non-hydrogen) atoms. The molecule has 0 saturated heterocycles. The fourth-order valence-electron chi connectivity index (χ4n) is 1.33. The Morgan fingerprint density at radius 2 is 1.70 bits per heavy atom. The van der Waals surface area contributed by atoms with Gasteiger partial charge in [-0.2, -0.15) is 0 Å². The number of carboxylic acid groups (broad SMARTS) is 1. The fraction of sp³-hybridized carbons (Fsp3) is 0.385. The molecule has 0 heterocycles. The van der Waals surface area contributed by atoms with Gasteiger partial charge in [0, 0.05) is 12.8 Å². The van der Waals surface area contributed by atoms with Crippen molar-refractivity contribution in [3.05, 3.63) is 35.4 Å². The summed E-state index contributed by atoms with van der Waals surface area (Å²) < 4.78 is 21.5. The first-order chi connectivity index (χ1) is 9.05. The third-order valence-corrected chi connectivity index (χ3v) is 5.17. The van der Waals surface area contributed by atoms with Crippen LogP contribution in [0.5, 0.6) is 0 Å². The van der Waals surface area contributed by atoms with Gasteiger partial charge in [-0.1, -0.05) is 12.1 Å². The van der Waals surface area contributed by atoms with Gasteiger partial charge >= 0.3 is 5.97 Å². The van der Waals surface area contributed by atoms with Gasteiger partial charge in [-0.05, 0) is 31.5 Å². The van der Waals surface area contributed by atoms with Crippen molar-refractivity contribution in [3.63, 3.8) is 0 Å². The van der Waals surface area contributed by atoms with E-state index in [9.17, 15) is 18.0 Å². The number of aromatic carboxylic acids is 1. The van der Waals surface area contributed by atoms with Crippen LogP contribution < -0.4 is 5.32 Å². The number of carboxylic acids is 1. The summed E-state index contributed by atoms with van der Waals surface area (Å²) in [4.78, 5) is 22.6. The molecular weight excluding hydrogens is 282 g/mol. The number of carbonyl (C=O) groups excluding carboxylic acids is 1. The molecule has 6 nitrogen and oxygen atoms in total. The largest absolute Gasteiger partial charge is 0.478 e. The number of sulfone groups is 1. The van der Waals surface area contributed by atoms with Crippen LogP contribution in [0.3, 0.4) is 0 Å². The van der Waals surface area contributed by atoms with Crippen molar-refractivity contribution < 1.29 is 23.1 Å². The molecular formula is C13H17NO5S. The van der Waals surface area contributed by atoms with Crippen molar-refractivity contribution in [2.24, 2.45) is 0 Å². The molecule has 0 aliphatic heterocycles. The van der Waals surface area contributed by atoms with Crippen molar-refractivity contribution in [3.8, 4) is 0 Å². The topological polar surface area (TPSA) is 101 Å². The molecule has 1 aromatic carbocycles. The Morgan fingerprint density at radius 1 is 1.20 bits per heavy atom. The average Bonchev–Trinajstić information content (AvgIpc) is 2.34. The van der Waals surface area contributed by atoms with E-state index in [2.05, 4.69) is 5.32 Å². The predicted octanol–water partition coefficient (Wildman–Crippen LogP) is 0.824. The van der Waals surface area contributed by atoms with Crippen LogP contribution in [-0.4, -0.2) is 36.4 Å². The van der Waals surface area contributed by atoms with E-state index in [1.807, 2.05) is 0 Å². The first-order valence-corrected chi connectivity index (χ1v) is 7.75. The van der Waals surface area contributed by atoms with Gasteiger partial charge in [0.15, 0.2) is 9.84 Å². The minimum absolute atomic E-state index is 0.137. The van der Waals surface area contributed by atoms with Crippen LogP contribution in [-0.2, 0) is 21.2 Å². The number of benzene rings is 1. The zero-order valence-electron chi connectivity index (χ0n) is 11.5. The Bertz CT molecular complexity index is 617. The third-order valence-electron chi connectivity index (χ3n) is 3.13. The number of hydrogen-bond acceptors (Lipinski definition) is 4. The molecule has 0 saturated carbocycles. The van der Waals surface area contributed by atoms with Gasteiger partial charge < -0.3 is 10.4 Å². The second-order valence-corrected chi connectivity index (χ2v) is 7.53. The molecule has 0 aliphatic rings. The Balaban J connectivity index is 2.73. The average molecular weight is 299 g/mol. The van der Waals surface area contributed by atoms with Crippen molar-refractivity contribution in [1.29, 1.82) is 0 Å². The minimum atomic E-state index is -3.51. The SMILES string of the molecule is CC(C)(C(=O)NCc1ccc(C(=O)O)cc1)S(C)(=O)=O. The van der Waals surface area contributed by atoms with Crippen molar-refractivity contribution >= 4 is 21.7 Å². The number of carbonyl (C=O) groups is 2. The Labute approximate surface area is 117 Å². The lowest BCUT2D eigenvalue weighted by Gasteiger charge is -2.21. The molecule has 0 aromatic heterocycles. The number of rotatable bonds is 5. The molecule has 1 rings (SSSR count). The predicted molar refractivity (Wildman–Crippen MR) is 74.2 cm³/mol. The highest BCUT2D eigenvalue weighted by Gasteiger charge is 2.38. The van der Waals surface area contributed by atoms with Gasteiger partial charge in [0.2, 0.25) is 5.91 Å². The highest BCUT2D eigenvalue weighted by atomic mass is 32.2. The van der Waals surface area contributed by atoms with Gasteiger partial charge in [-0.3, -0.25) is 4.79 Å². The van der Waals surface area contributed by atoms with Crippen LogP contribution in [0, 0.1) is 0 Å². The van der Waals surface area contributed by atoms with Crippen LogP contribution in [0.25, 0.3) is 0 Å². The van der Waals surface area contributed by atoms with E-state index >= 15 is 0 Å². The zero-order chi connectivity index (χ0) is 15.6. The maximum absolute atomic E-state index is 11.9. The molecule has 0 radical (unpaired) electrons. The molecule has 0 atom stereocenters. The molecule has 110 valence electrons. The van der Waals surface area contributed by atoms with Gasteiger partial charge in [-0.25, -0.2) is 13.2 Å². The first kappa shape index (κ1) is 16.2. The van der Waals surface area contributed by atoms with Crippen LogP contribution >= 0.6 is 0 Å². The molecule has 0 spiro atoms. The number of amides is 1. The van der Waals surface area contributed by atoms with E-state index in [0.717, 1.165) is 6.26 Å². The summed E-state index contributed by atoms with van der Waals surface area (Å²) in [6.07, 6.45) is 1.01. The highest BCUT2D eigenvalue weighted by molar-refractivity contribution is 7.92. The number of nitrogens with one attached hydrogen (secondary N) is 1. The smallest absolute Gasteiger partial charge is 0.335 e. The minimum Gasteiger partial charge on any atom is -0.478 e. The summed E-state index contributed by atoms with van der Waals surface area (Å²) in [5.74, 6) is -1.62. The summed E-state index contributed by atoms with van der Waals surface area (Å²) >= 11 is 0. The quantitative estimate of drug-likeness (QED) is 0.838. The van der Waals surface area contributed by atoms with Crippen LogP contribution in [0.2, 0.25) is 0 Å². The Morgan fingerprint density at radius 3 is 2.10 bits per heavy atom. The summed E-state index contributed by atoms with van der Waals surface area (Å²) in [6, 6.07) is 5.98. The van der Waals surface area contributed by atoms with E-state index < -0.39 is 26.5 Å². The normalized spacial score (nSPS) is 11.9. The van der Waals surface area contributed by atoms with E-state index in [1.165, 1.54) is 26.0 Å². The monoisotopic (exact) mass is 299 g/mol. The molecule has 0 unspecified atom stereocenters. The molecule has 2 N–H and O–H groups in total. The van der Waals surface area contributed by atoms with Gasteiger partial charge in [-0.15, -0.1) is 0 Å². The lowest BCUT2D eigenvalue weighted by Crippen LogP contribution is -2.47. The molecule has 0 bridgehead atoms. The van der Waals surface area contributed by atoms with Gasteiger partial charge in [0.1, 0.15) is 4.75 Å². The standard InChI is InChI=1S/C13H17NO5S/c1-13(2,20(3,18)19)12(17)14-8-9-4-6-10(7-5-9)11(15)16/h4-7H,8H2,1-3H3,(H,14,17)(H,15,16). The number of hydrogen-bond donors (Lipinski definition) is 2. The summed E-state index contributed by atoms with van der Waals surface area (Å²) in [7, 11) is -3.51. The second kappa shape index (κ2) is 5.62. The van der Waals surface area contributed by atoms with Crippen molar-refractivity contribution in [1.82, 2.24) is 5.32 Å². The molecule has 7 heteroatoms. The highest BCUT2D eigenvalue weighted by Crippen LogP contribution is 2.15. The molecule has 0 fully saturated rings. The van der Waals surface area contributed by atoms with Crippen molar-refractivity contribution in [2.45, 2.75) is 25.1 Å². The van der Waals surface area contributed by atoms with Crippen LogP contribution in [0.4, 0.5) is 0 Å². The van der Waals surface area contributed by atoms with E-state index in [0.29, 0.717) is 5.56 Å². The van der Waals surface area contributed by atoms with Crippen molar-refractivity contribution in [2.75, 3.05) is 6.26 Å². The maximum Gasteiger partial charge on any atom is 0.335 e. The lowest BCUT2D eigenvalue weighted by molar-refractivity contribution is -0.123. The molecule has 1 amide bonds. The van der Waals surface area contributed by atoms with Crippen LogP contribution in [0.15, 0.2) is 24.3 Å². The maximum atomic E-state index is 11.9. The fourth-order valence-corrected chi connectivity index (χ4v) is 1.74. The Hall–Kier alpha value is -1.89. The molecule has 1 aromatic rings. The van der Waals surface area contributed by atoms with E-state index in [1.54, 1.807) is 12.1 Å². The van der Waals surface area contributed by atoms with E-state index in [-0.39, 0.29) is 12.1 Å².